The molecule has 0 heterocycles. The molecule has 0 unspecified atom stereocenters. The highest BCUT2D eigenvalue weighted by molar-refractivity contribution is 6.00. The molecule has 1 aliphatic rings. The van der Waals surface area contributed by atoms with Gasteiger partial charge >= 0.3 is 18.0 Å². The molecule has 0 saturated heterocycles. The van der Waals surface area contributed by atoms with Crippen molar-refractivity contribution in [3.63, 3.8) is 0 Å². The van der Waals surface area contributed by atoms with Crippen molar-refractivity contribution in [1.29, 1.82) is 0 Å². The average Bonchev–Trinajstić information content (AvgIpc) is 2.35. The highest BCUT2D eigenvalue weighted by Crippen LogP contribution is 2.38. The summed E-state index contributed by atoms with van der Waals surface area (Å²) in [6.45, 7) is 5.12. The Morgan fingerprint density at radius 3 is 2.33 bits per heavy atom. The Morgan fingerprint density at radius 2 is 1.86 bits per heavy atom. The molecule has 0 aromatic carbocycles. The third-order valence-corrected chi connectivity index (χ3v) is 3.53. The normalized spacial score (nSPS) is 25.8. The molecule has 1 amide bonds. The van der Waals surface area contributed by atoms with Gasteiger partial charge in [0.2, 0.25) is 0 Å². The maximum atomic E-state index is 12.0. The number of aliphatic carboxylic acids is 1. The van der Waals surface area contributed by atoms with Crippen molar-refractivity contribution in [2.75, 3.05) is 7.11 Å². The van der Waals surface area contributed by atoms with Gasteiger partial charge in [-0.3, -0.25) is 9.59 Å². The van der Waals surface area contributed by atoms with Crippen molar-refractivity contribution in [3.8, 4) is 0 Å². The Morgan fingerprint density at radius 1 is 1.24 bits per heavy atom. The van der Waals surface area contributed by atoms with Crippen molar-refractivity contribution in [2.45, 2.75) is 58.1 Å². The highest BCUT2D eigenvalue weighted by atomic mass is 16.6. The monoisotopic (exact) mass is 301 g/mol. The van der Waals surface area contributed by atoms with Gasteiger partial charge in [-0.15, -0.1) is 0 Å². The summed E-state index contributed by atoms with van der Waals surface area (Å²) in [5.41, 5.74) is -2.44. The zero-order valence-electron chi connectivity index (χ0n) is 12.9. The molecule has 0 radical (unpaired) electrons. The van der Waals surface area contributed by atoms with Gasteiger partial charge in [0.1, 0.15) is 5.60 Å². The molecule has 1 fully saturated rings. The first-order chi connectivity index (χ1) is 9.63. The van der Waals surface area contributed by atoms with Crippen molar-refractivity contribution in [3.05, 3.63) is 0 Å². The minimum Gasteiger partial charge on any atom is -0.480 e. The summed E-state index contributed by atoms with van der Waals surface area (Å²) in [7, 11) is 1.15. The van der Waals surface area contributed by atoms with E-state index in [1.165, 1.54) is 0 Å². The molecule has 7 heteroatoms. The first-order valence-electron chi connectivity index (χ1n) is 6.95. The third kappa shape index (κ3) is 3.86. The number of esters is 1. The Labute approximate surface area is 124 Å². The number of carboxylic acid groups (broad SMARTS) is 1. The second-order valence-electron chi connectivity index (χ2n) is 6.21. The van der Waals surface area contributed by atoms with Crippen LogP contribution in [-0.2, 0) is 19.1 Å². The number of nitrogens with one attached hydrogen (secondary N) is 1. The molecule has 2 atom stereocenters. The number of carbonyl (C=O) groups excluding carboxylic acids is 2. The van der Waals surface area contributed by atoms with Crippen LogP contribution in [0.3, 0.4) is 0 Å². The summed E-state index contributed by atoms with van der Waals surface area (Å²) in [5, 5.41) is 12.0. The number of alkyl carbamates (subject to hydrolysis) is 1. The van der Waals surface area contributed by atoms with E-state index in [9.17, 15) is 19.5 Å². The van der Waals surface area contributed by atoms with E-state index in [0.29, 0.717) is 12.8 Å². The molecule has 0 aromatic heterocycles. The predicted molar refractivity (Wildman–Crippen MR) is 73.7 cm³/mol. The highest BCUT2D eigenvalue weighted by Gasteiger charge is 2.55. The lowest BCUT2D eigenvalue weighted by Gasteiger charge is -2.38. The zero-order chi connectivity index (χ0) is 16.3. The van der Waals surface area contributed by atoms with Crippen molar-refractivity contribution < 1.29 is 29.0 Å². The standard InChI is InChI=1S/C14H23NO6/c1-13(2,3)21-12(19)15-9-7-5-6-8-14(9,10(16)17)11(18)20-4/h9H,5-8H2,1-4H3,(H,15,19)(H,16,17)/t9-,14-/m1/s1. The number of methoxy groups -OCH3 is 1. The van der Waals surface area contributed by atoms with E-state index >= 15 is 0 Å². The van der Waals surface area contributed by atoms with E-state index in [-0.39, 0.29) is 6.42 Å². The van der Waals surface area contributed by atoms with Gasteiger partial charge < -0.3 is 19.9 Å². The van der Waals surface area contributed by atoms with E-state index in [0.717, 1.165) is 13.5 Å². The third-order valence-electron chi connectivity index (χ3n) is 3.53. The maximum Gasteiger partial charge on any atom is 0.407 e. The largest absolute Gasteiger partial charge is 0.480 e. The molecule has 7 nitrogen and oxygen atoms in total. The molecular weight excluding hydrogens is 278 g/mol. The molecule has 1 saturated carbocycles. The van der Waals surface area contributed by atoms with E-state index in [1.54, 1.807) is 20.8 Å². The Bertz CT molecular complexity index is 428. The van der Waals surface area contributed by atoms with Crippen LogP contribution in [0, 0.1) is 5.41 Å². The number of hydrogen-bond donors (Lipinski definition) is 2. The summed E-state index contributed by atoms with van der Waals surface area (Å²) in [5.74, 6) is -2.12. The first kappa shape index (κ1) is 17.3. The molecular formula is C14H23NO6. The topological polar surface area (TPSA) is 102 Å². The number of amides is 1. The van der Waals surface area contributed by atoms with Crippen molar-refractivity contribution >= 4 is 18.0 Å². The van der Waals surface area contributed by atoms with Crippen LogP contribution in [0.15, 0.2) is 0 Å². The number of rotatable bonds is 3. The second kappa shape index (κ2) is 6.32. The average molecular weight is 301 g/mol. The summed E-state index contributed by atoms with van der Waals surface area (Å²) >= 11 is 0. The molecule has 2 N–H and O–H groups in total. The molecule has 1 rings (SSSR count). The van der Waals surface area contributed by atoms with Crippen LogP contribution in [0.2, 0.25) is 0 Å². The zero-order valence-corrected chi connectivity index (χ0v) is 12.9. The van der Waals surface area contributed by atoms with E-state index < -0.39 is 35.1 Å². The molecule has 21 heavy (non-hydrogen) atoms. The van der Waals surface area contributed by atoms with Crippen LogP contribution in [0.5, 0.6) is 0 Å². The Hall–Kier alpha value is -1.79. The summed E-state index contributed by atoms with van der Waals surface area (Å²) in [6.07, 6.45) is 1.11. The van der Waals surface area contributed by atoms with Crippen LogP contribution >= 0.6 is 0 Å². The van der Waals surface area contributed by atoms with Gasteiger partial charge in [-0.25, -0.2) is 4.79 Å². The van der Waals surface area contributed by atoms with E-state index in [2.05, 4.69) is 10.1 Å². The predicted octanol–water partition coefficient (Wildman–Crippen LogP) is 1.70. The number of hydrogen-bond acceptors (Lipinski definition) is 5. The summed E-state index contributed by atoms with van der Waals surface area (Å²) < 4.78 is 9.79. The summed E-state index contributed by atoms with van der Waals surface area (Å²) in [4.78, 5) is 35.5. The molecule has 0 spiro atoms. The van der Waals surface area contributed by atoms with Crippen molar-refractivity contribution in [1.82, 2.24) is 5.32 Å². The fourth-order valence-electron chi connectivity index (χ4n) is 2.59. The molecule has 1 aliphatic carbocycles. The second-order valence-corrected chi connectivity index (χ2v) is 6.21. The van der Waals surface area contributed by atoms with Gasteiger partial charge in [0.15, 0.2) is 5.41 Å². The fourth-order valence-corrected chi connectivity index (χ4v) is 2.59. The molecule has 0 aromatic rings. The molecule has 0 aliphatic heterocycles. The van der Waals surface area contributed by atoms with E-state index in [4.69, 9.17) is 4.74 Å². The van der Waals surface area contributed by atoms with Crippen LogP contribution in [0.25, 0.3) is 0 Å². The minimum absolute atomic E-state index is 0.134. The summed E-state index contributed by atoms with van der Waals surface area (Å²) in [6, 6.07) is -0.842. The van der Waals surface area contributed by atoms with Crippen molar-refractivity contribution in [2.24, 2.45) is 5.41 Å². The number of ether oxygens (including phenoxy) is 2. The SMILES string of the molecule is COC(=O)[C@]1(C(=O)O)CCCC[C@H]1NC(=O)OC(C)(C)C. The van der Waals surface area contributed by atoms with Gasteiger partial charge in [-0.2, -0.15) is 0 Å². The van der Waals surface area contributed by atoms with Gasteiger partial charge in [-0.1, -0.05) is 12.8 Å². The quantitative estimate of drug-likeness (QED) is 0.607. The fraction of sp³-hybridized carbons (Fsp3) is 0.786. The van der Waals surface area contributed by atoms with Crippen LogP contribution in [0.1, 0.15) is 46.5 Å². The maximum absolute atomic E-state index is 12.0. The Balaban J connectivity index is 2.97. The van der Waals surface area contributed by atoms with Gasteiger partial charge in [0.05, 0.1) is 13.2 Å². The minimum atomic E-state index is -1.75. The van der Waals surface area contributed by atoms with Crippen LogP contribution in [-0.4, -0.2) is 41.9 Å². The van der Waals surface area contributed by atoms with E-state index in [1.807, 2.05) is 0 Å². The van der Waals surface area contributed by atoms with Gasteiger partial charge in [-0.05, 0) is 33.6 Å². The molecule has 120 valence electrons. The van der Waals surface area contributed by atoms with Gasteiger partial charge in [0, 0.05) is 0 Å². The van der Waals surface area contributed by atoms with Crippen LogP contribution in [0.4, 0.5) is 4.79 Å². The van der Waals surface area contributed by atoms with Crippen LogP contribution < -0.4 is 5.32 Å². The number of carboxylic acids is 1. The first-order valence-corrected chi connectivity index (χ1v) is 6.95. The van der Waals surface area contributed by atoms with Gasteiger partial charge in [0.25, 0.3) is 0 Å². The lowest BCUT2D eigenvalue weighted by Crippen LogP contribution is -2.58. The number of carbonyl (C=O) groups is 3. The Kier molecular flexibility index (Phi) is 5.20. The lowest BCUT2D eigenvalue weighted by molar-refractivity contribution is -0.171. The smallest absolute Gasteiger partial charge is 0.407 e. The lowest BCUT2D eigenvalue weighted by atomic mass is 9.70. The molecule has 0 bridgehead atoms.